The molecule has 2 heterocycles. The first-order valence-electron chi connectivity index (χ1n) is 12.4. The van der Waals surface area contributed by atoms with Crippen molar-refractivity contribution in [2.75, 3.05) is 44.2 Å². The average molecular weight is 493 g/mol. The molecule has 34 heavy (non-hydrogen) atoms. The smallest absolute Gasteiger partial charge is 0.243 e. The Morgan fingerprint density at radius 3 is 2.38 bits per heavy atom. The summed E-state index contributed by atoms with van der Waals surface area (Å²) in [6.07, 6.45) is 2.59. The second-order valence-corrected chi connectivity index (χ2v) is 12.2. The second kappa shape index (κ2) is 10.7. The van der Waals surface area contributed by atoms with Crippen LogP contribution >= 0.6 is 0 Å². The standard InChI is InChI=1S/C25H40N4O4S/c1-6-28(7-2)34(32,33)22-12-10-21(11-13-22)29-17-20(15-23(29)30)24(31)26-18-25(4,5)27-14-8-9-19(3)16-27/h10-13,19-20H,6-9,14-18H2,1-5H3,(H,26,31). The fourth-order valence-electron chi connectivity index (χ4n) is 4.94. The molecule has 1 aromatic rings. The minimum atomic E-state index is -3.55. The summed E-state index contributed by atoms with van der Waals surface area (Å²) in [7, 11) is -3.55. The molecule has 2 atom stereocenters. The van der Waals surface area contributed by atoms with Crippen LogP contribution in [0.15, 0.2) is 29.2 Å². The highest BCUT2D eigenvalue weighted by Gasteiger charge is 2.37. The lowest BCUT2D eigenvalue weighted by molar-refractivity contribution is -0.126. The number of nitrogens with zero attached hydrogens (tertiary/aromatic N) is 3. The van der Waals surface area contributed by atoms with Gasteiger partial charge in [-0.25, -0.2) is 8.42 Å². The molecule has 0 saturated carbocycles. The first-order chi connectivity index (χ1) is 16.0. The van der Waals surface area contributed by atoms with Crippen molar-refractivity contribution in [3.63, 3.8) is 0 Å². The Kier molecular flexibility index (Phi) is 8.42. The number of benzene rings is 1. The summed E-state index contributed by atoms with van der Waals surface area (Å²) in [5.74, 6) is 0.0270. The quantitative estimate of drug-likeness (QED) is 0.573. The third-order valence-corrected chi connectivity index (χ3v) is 9.26. The minimum Gasteiger partial charge on any atom is -0.354 e. The molecular weight excluding hydrogens is 452 g/mol. The minimum absolute atomic E-state index is 0.102. The van der Waals surface area contributed by atoms with Gasteiger partial charge in [0.2, 0.25) is 21.8 Å². The molecule has 1 aromatic carbocycles. The summed E-state index contributed by atoms with van der Waals surface area (Å²) < 4.78 is 26.8. The highest BCUT2D eigenvalue weighted by atomic mass is 32.2. The van der Waals surface area contributed by atoms with E-state index in [2.05, 4.69) is 31.0 Å². The Balaban J connectivity index is 1.60. The summed E-state index contributed by atoms with van der Waals surface area (Å²) in [4.78, 5) is 29.8. The summed E-state index contributed by atoms with van der Waals surface area (Å²) in [6.45, 7) is 13.9. The van der Waals surface area contributed by atoms with Crippen molar-refractivity contribution < 1.29 is 18.0 Å². The first-order valence-corrected chi connectivity index (χ1v) is 13.9. The topological polar surface area (TPSA) is 90.0 Å². The van der Waals surface area contributed by atoms with Crippen LogP contribution in [0.25, 0.3) is 0 Å². The number of anilines is 1. The molecule has 0 aromatic heterocycles. The average Bonchev–Trinajstić information content (AvgIpc) is 3.20. The second-order valence-electron chi connectivity index (χ2n) is 10.2. The van der Waals surface area contributed by atoms with Crippen LogP contribution in [0, 0.1) is 11.8 Å². The van der Waals surface area contributed by atoms with Crippen molar-refractivity contribution >= 4 is 27.5 Å². The van der Waals surface area contributed by atoms with Crippen molar-refractivity contribution in [2.24, 2.45) is 11.8 Å². The molecule has 8 nitrogen and oxygen atoms in total. The first kappa shape index (κ1) is 26.6. The molecule has 0 aliphatic carbocycles. The molecule has 0 radical (unpaired) electrons. The van der Waals surface area contributed by atoms with Crippen LogP contribution in [-0.2, 0) is 19.6 Å². The van der Waals surface area contributed by atoms with E-state index in [1.165, 1.54) is 29.3 Å². The van der Waals surface area contributed by atoms with Gasteiger partial charge >= 0.3 is 0 Å². The number of carbonyl (C=O) groups is 2. The summed E-state index contributed by atoms with van der Waals surface area (Å²) in [5, 5.41) is 3.08. The van der Waals surface area contributed by atoms with Gasteiger partial charge in [0.1, 0.15) is 0 Å². The number of sulfonamides is 1. The van der Waals surface area contributed by atoms with Gasteiger partial charge in [0, 0.05) is 50.4 Å². The van der Waals surface area contributed by atoms with Crippen molar-refractivity contribution in [3.8, 4) is 0 Å². The number of nitrogens with one attached hydrogen (secondary N) is 1. The van der Waals surface area contributed by atoms with Gasteiger partial charge in [-0.1, -0.05) is 20.8 Å². The Morgan fingerprint density at radius 1 is 1.15 bits per heavy atom. The van der Waals surface area contributed by atoms with Gasteiger partial charge in [-0.05, 0) is 63.4 Å². The number of amides is 2. The lowest BCUT2D eigenvalue weighted by Crippen LogP contribution is -2.55. The Bertz CT molecular complexity index is 973. The number of rotatable bonds is 9. The molecule has 9 heteroatoms. The van der Waals surface area contributed by atoms with Gasteiger partial charge in [0.15, 0.2) is 0 Å². The summed E-state index contributed by atoms with van der Waals surface area (Å²) in [5.41, 5.74) is 0.472. The maximum atomic E-state index is 12.9. The molecule has 2 saturated heterocycles. The lowest BCUT2D eigenvalue weighted by atomic mass is 9.93. The van der Waals surface area contributed by atoms with Gasteiger partial charge in [0.25, 0.3) is 0 Å². The Hall–Kier alpha value is -1.97. The highest BCUT2D eigenvalue weighted by Crippen LogP contribution is 2.28. The van der Waals surface area contributed by atoms with E-state index in [1.54, 1.807) is 30.9 Å². The zero-order valence-corrected chi connectivity index (χ0v) is 22.0. The normalized spacial score (nSPS) is 22.4. The van der Waals surface area contributed by atoms with Crippen LogP contribution in [0.1, 0.15) is 53.9 Å². The third-order valence-electron chi connectivity index (χ3n) is 7.20. The van der Waals surface area contributed by atoms with Gasteiger partial charge in [-0.15, -0.1) is 0 Å². The van der Waals surface area contributed by atoms with Gasteiger partial charge in [0.05, 0.1) is 10.8 Å². The molecule has 0 spiro atoms. The predicted octanol–water partition coefficient (Wildman–Crippen LogP) is 2.70. The lowest BCUT2D eigenvalue weighted by Gasteiger charge is -2.43. The van der Waals surface area contributed by atoms with Crippen molar-refractivity contribution in [2.45, 2.75) is 64.3 Å². The van der Waals surface area contributed by atoms with Crippen molar-refractivity contribution in [3.05, 3.63) is 24.3 Å². The van der Waals surface area contributed by atoms with Crippen LogP contribution in [0.4, 0.5) is 5.69 Å². The molecule has 2 aliphatic rings. The van der Waals surface area contributed by atoms with Crippen molar-refractivity contribution in [1.82, 2.24) is 14.5 Å². The van der Waals surface area contributed by atoms with Crippen LogP contribution in [0.2, 0.25) is 0 Å². The fourth-order valence-corrected chi connectivity index (χ4v) is 6.40. The maximum absolute atomic E-state index is 12.9. The number of hydrogen-bond donors (Lipinski definition) is 1. The van der Waals surface area contributed by atoms with E-state index in [-0.39, 0.29) is 28.7 Å². The molecule has 1 N–H and O–H groups in total. The van der Waals surface area contributed by atoms with E-state index in [9.17, 15) is 18.0 Å². The van der Waals surface area contributed by atoms with E-state index in [0.717, 1.165) is 13.1 Å². The van der Waals surface area contributed by atoms with Crippen LogP contribution in [-0.4, -0.2) is 74.2 Å². The predicted molar refractivity (Wildman–Crippen MR) is 134 cm³/mol. The molecule has 2 aliphatic heterocycles. The van der Waals surface area contributed by atoms with Crippen LogP contribution in [0.5, 0.6) is 0 Å². The van der Waals surface area contributed by atoms with E-state index < -0.39 is 15.9 Å². The van der Waals surface area contributed by atoms with E-state index in [0.29, 0.717) is 37.8 Å². The van der Waals surface area contributed by atoms with Gasteiger partial charge in [-0.2, -0.15) is 4.31 Å². The van der Waals surface area contributed by atoms with Gasteiger partial charge in [-0.3, -0.25) is 14.5 Å². The Morgan fingerprint density at radius 2 is 1.79 bits per heavy atom. The molecule has 190 valence electrons. The molecule has 2 amide bonds. The summed E-state index contributed by atoms with van der Waals surface area (Å²) >= 11 is 0. The SMILES string of the molecule is CCN(CC)S(=O)(=O)c1ccc(N2CC(C(=O)NCC(C)(C)N3CCCC(C)C3)CC2=O)cc1. The van der Waals surface area contributed by atoms with E-state index in [4.69, 9.17) is 0 Å². The highest BCUT2D eigenvalue weighted by molar-refractivity contribution is 7.89. The fraction of sp³-hybridized carbons (Fsp3) is 0.680. The largest absolute Gasteiger partial charge is 0.354 e. The zero-order chi connectivity index (χ0) is 25.1. The number of hydrogen-bond acceptors (Lipinski definition) is 5. The molecular formula is C25H40N4O4S. The Labute approximate surface area is 204 Å². The van der Waals surface area contributed by atoms with Crippen LogP contribution < -0.4 is 10.2 Å². The van der Waals surface area contributed by atoms with Crippen molar-refractivity contribution in [1.29, 1.82) is 0 Å². The van der Waals surface area contributed by atoms with Gasteiger partial charge < -0.3 is 10.2 Å². The monoisotopic (exact) mass is 492 g/mol. The van der Waals surface area contributed by atoms with E-state index in [1.807, 2.05) is 0 Å². The summed E-state index contributed by atoms with van der Waals surface area (Å²) in [6, 6.07) is 6.36. The molecule has 2 unspecified atom stereocenters. The van der Waals surface area contributed by atoms with Crippen LogP contribution in [0.3, 0.4) is 0 Å². The zero-order valence-electron chi connectivity index (χ0n) is 21.2. The molecule has 2 fully saturated rings. The number of piperidine rings is 1. The number of carbonyl (C=O) groups excluding carboxylic acids is 2. The third kappa shape index (κ3) is 5.80. The maximum Gasteiger partial charge on any atom is 0.243 e. The number of likely N-dealkylation sites (tertiary alicyclic amines) is 1. The molecule has 0 bridgehead atoms. The molecule has 3 rings (SSSR count). The van der Waals surface area contributed by atoms with E-state index >= 15 is 0 Å².